The topological polar surface area (TPSA) is 107 Å². The highest BCUT2D eigenvalue weighted by Crippen LogP contribution is 2.41. The summed E-state index contributed by atoms with van der Waals surface area (Å²) in [5, 5.41) is 3.03. The molecule has 8 nitrogen and oxygen atoms in total. The fourth-order valence-corrected chi connectivity index (χ4v) is 5.25. The molecule has 1 aromatic rings. The Bertz CT molecular complexity index is 735. The molecule has 3 saturated heterocycles. The lowest BCUT2D eigenvalue weighted by Crippen LogP contribution is -2.65. The fraction of sp³-hybridized carbons (Fsp3) is 0.722. The van der Waals surface area contributed by atoms with Gasteiger partial charge in [0.2, 0.25) is 11.9 Å². The van der Waals surface area contributed by atoms with Crippen molar-refractivity contribution in [3.05, 3.63) is 16.4 Å². The number of amides is 1. The average molecular weight is 360 g/mol. The first-order valence-corrected chi connectivity index (χ1v) is 9.63. The van der Waals surface area contributed by atoms with Crippen LogP contribution in [0.4, 0.5) is 11.8 Å². The van der Waals surface area contributed by atoms with Gasteiger partial charge in [-0.15, -0.1) is 0 Å². The van der Waals surface area contributed by atoms with E-state index in [-0.39, 0.29) is 17.4 Å². The summed E-state index contributed by atoms with van der Waals surface area (Å²) in [4.78, 5) is 35.0. The number of aromatic nitrogens is 2. The molecule has 0 unspecified atom stereocenters. The lowest BCUT2D eigenvalue weighted by Gasteiger charge is -2.57. The Labute approximate surface area is 153 Å². The Morgan fingerprint density at radius 2 is 2.19 bits per heavy atom. The van der Waals surface area contributed by atoms with E-state index < -0.39 is 0 Å². The van der Waals surface area contributed by atoms with E-state index in [0.29, 0.717) is 36.3 Å². The maximum absolute atomic E-state index is 11.8. The van der Waals surface area contributed by atoms with Crippen molar-refractivity contribution in [1.82, 2.24) is 20.2 Å². The molecule has 4 atom stereocenters. The quantitative estimate of drug-likeness (QED) is 0.709. The number of H-pyrrole nitrogens is 1. The van der Waals surface area contributed by atoms with Crippen molar-refractivity contribution in [2.45, 2.75) is 44.7 Å². The highest BCUT2D eigenvalue weighted by Gasteiger charge is 2.47. The molecule has 26 heavy (non-hydrogen) atoms. The van der Waals surface area contributed by atoms with Crippen LogP contribution < -0.4 is 21.5 Å². The van der Waals surface area contributed by atoms with Crippen LogP contribution in [0.15, 0.2) is 10.9 Å². The van der Waals surface area contributed by atoms with E-state index in [1.54, 1.807) is 13.0 Å². The Hall–Kier alpha value is -2.09. The summed E-state index contributed by atoms with van der Waals surface area (Å²) in [5.74, 6) is 1.89. The Morgan fingerprint density at radius 1 is 1.38 bits per heavy atom. The number of aromatic amines is 1. The third kappa shape index (κ3) is 3.30. The maximum atomic E-state index is 11.8. The summed E-state index contributed by atoms with van der Waals surface area (Å²) in [6.07, 6.45) is 4.90. The Balaban J connectivity index is 1.60. The minimum absolute atomic E-state index is 0.0254. The van der Waals surface area contributed by atoms with E-state index in [9.17, 15) is 9.59 Å². The van der Waals surface area contributed by atoms with E-state index in [0.717, 1.165) is 19.6 Å². The Kier molecular flexibility index (Phi) is 4.60. The summed E-state index contributed by atoms with van der Waals surface area (Å²) in [5.41, 5.74) is 5.54. The number of nitrogens with one attached hydrogen (secondary N) is 2. The maximum Gasteiger partial charge on any atom is 0.254 e. The fourth-order valence-electron chi connectivity index (χ4n) is 5.25. The van der Waals surface area contributed by atoms with Crippen LogP contribution in [0.2, 0.25) is 0 Å². The van der Waals surface area contributed by atoms with Crippen molar-refractivity contribution in [2.75, 3.05) is 36.8 Å². The molecule has 0 spiro atoms. The van der Waals surface area contributed by atoms with Gasteiger partial charge in [0.05, 0.1) is 0 Å². The molecular weight excluding hydrogens is 332 g/mol. The molecular formula is C18H28N6O2. The van der Waals surface area contributed by atoms with E-state index in [1.807, 2.05) is 0 Å². The van der Waals surface area contributed by atoms with Gasteiger partial charge in [-0.1, -0.05) is 6.42 Å². The molecule has 0 radical (unpaired) electrons. The van der Waals surface area contributed by atoms with Gasteiger partial charge in [-0.3, -0.25) is 19.5 Å². The van der Waals surface area contributed by atoms with Crippen LogP contribution in [0.1, 0.15) is 32.6 Å². The Morgan fingerprint density at radius 3 is 2.96 bits per heavy atom. The smallest absolute Gasteiger partial charge is 0.254 e. The van der Waals surface area contributed by atoms with E-state index >= 15 is 0 Å². The van der Waals surface area contributed by atoms with Crippen molar-refractivity contribution in [1.29, 1.82) is 0 Å². The molecule has 2 bridgehead atoms. The summed E-state index contributed by atoms with van der Waals surface area (Å²) in [6.45, 7) is 5.16. The number of fused-ring (bicyclic) bond motifs is 4. The first-order valence-electron chi connectivity index (χ1n) is 9.63. The number of rotatable bonds is 3. The summed E-state index contributed by atoms with van der Waals surface area (Å²) in [7, 11) is 0. The second-order valence-electron chi connectivity index (χ2n) is 7.96. The molecule has 4 rings (SSSR count). The van der Waals surface area contributed by atoms with Gasteiger partial charge in [0.25, 0.3) is 5.56 Å². The monoisotopic (exact) mass is 360 g/mol. The summed E-state index contributed by atoms with van der Waals surface area (Å²) in [6, 6.07) is 2.45. The highest BCUT2D eigenvalue weighted by atomic mass is 16.1. The normalized spacial score (nSPS) is 31.3. The highest BCUT2D eigenvalue weighted by molar-refractivity contribution is 5.72. The summed E-state index contributed by atoms with van der Waals surface area (Å²) < 4.78 is 0. The van der Waals surface area contributed by atoms with Crippen LogP contribution in [0, 0.1) is 11.8 Å². The zero-order chi connectivity index (χ0) is 18.3. The first-order chi connectivity index (χ1) is 12.5. The SMILES string of the molecule is CC(=O)NC[C@H]1[C@H]2C[C@H](CN(c3cc(=O)[nH]c(N)n3)C2)[C@@H]2CCCCN21. The molecule has 0 aromatic carbocycles. The number of nitrogens with two attached hydrogens (primary N) is 1. The van der Waals surface area contributed by atoms with Crippen molar-refractivity contribution >= 4 is 17.7 Å². The third-order valence-electron chi connectivity index (χ3n) is 6.25. The minimum atomic E-state index is -0.211. The van der Waals surface area contributed by atoms with Crippen molar-refractivity contribution in [3.63, 3.8) is 0 Å². The zero-order valence-electron chi connectivity index (χ0n) is 15.3. The third-order valence-corrected chi connectivity index (χ3v) is 6.25. The van der Waals surface area contributed by atoms with Gasteiger partial charge in [0, 0.05) is 44.7 Å². The van der Waals surface area contributed by atoms with Gasteiger partial charge in [-0.2, -0.15) is 4.98 Å². The molecule has 4 heterocycles. The van der Waals surface area contributed by atoms with Crippen molar-refractivity contribution < 1.29 is 4.79 Å². The molecule has 0 saturated carbocycles. The molecule has 8 heteroatoms. The molecule has 142 valence electrons. The summed E-state index contributed by atoms with van der Waals surface area (Å²) >= 11 is 0. The molecule has 3 aliphatic heterocycles. The molecule has 0 aliphatic carbocycles. The number of nitrogen functional groups attached to an aromatic ring is 1. The average Bonchev–Trinajstić information content (AvgIpc) is 2.60. The van der Waals surface area contributed by atoms with Gasteiger partial charge in [-0.25, -0.2) is 0 Å². The second kappa shape index (κ2) is 6.90. The van der Waals surface area contributed by atoms with Gasteiger partial charge in [0.1, 0.15) is 5.82 Å². The molecule has 3 aliphatic rings. The second-order valence-corrected chi connectivity index (χ2v) is 7.96. The molecule has 3 fully saturated rings. The minimum Gasteiger partial charge on any atom is -0.369 e. The largest absolute Gasteiger partial charge is 0.369 e. The first kappa shape index (κ1) is 17.3. The van der Waals surface area contributed by atoms with E-state index in [4.69, 9.17) is 5.73 Å². The number of anilines is 2. The van der Waals surface area contributed by atoms with Gasteiger partial charge < -0.3 is 16.0 Å². The zero-order valence-corrected chi connectivity index (χ0v) is 15.3. The standard InChI is InChI=1S/C18H28N6O2/c1-11(25)20-8-15-13-6-12(14-4-2-3-5-24(14)15)9-23(10-13)16-7-17(26)22-18(19)21-16/h7,12-15H,2-6,8-10H2,1H3,(H,20,25)(H3,19,21,22,26)/t12-,13+,14+,15+/m1/s1. The lowest BCUT2D eigenvalue weighted by atomic mass is 9.72. The van der Waals surface area contributed by atoms with E-state index in [2.05, 4.69) is 25.1 Å². The van der Waals surface area contributed by atoms with Crippen molar-refractivity contribution in [3.8, 4) is 0 Å². The number of carbonyl (C=O) groups is 1. The lowest BCUT2D eigenvalue weighted by molar-refractivity contribution is -0.119. The van der Waals surface area contributed by atoms with Crippen LogP contribution in [0.25, 0.3) is 0 Å². The molecule has 1 aromatic heterocycles. The predicted octanol–water partition coefficient (Wildman–Crippen LogP) is 0.167. The van der Waals surface area contributed by atoms with Gasteiger partial charge in [-0.05, 0) is 37.6 Å². The predicted molar refractivity (Wildman–Crippen MR) is 99.9 cm³/mol. The van der Waals surface area contributed by atoms with E-state index in [1.165, 1.54) is 25.7 Å². The van der Waals surface area contributed by atoms with Gasteiger partial charge in [0.15, 0.2) is 0 Å². The number of carbonyl (C=O) groups excluding carboxylic acids is 1. The van der Waals surface area contributed by atoms with Gasteiger partial charge >= 0.3 is 0 Å². The molecule has 4 N–H and O–H groups in total. The van der Waals surface area contributed by atoms with Crippen LogP contribution in [0.3, 0.4) is 0 Å². The van der Waals surface area contributed by atoms with Crippen LogP contribution in [0.5, 0.6) is 0 Å². The van der Waals surface area contributed by atoms with Crippen LogP contribution >= 0.6 is 0 Å². The number of nitrogens with zero attached hydrogens (tertiary/aromatic N) is 3. The van der Waals surface area contributed by atoms with Crippen LogP contribution in [-0.4, -0.2) is 59.0 Å². The number of piperidine rings is 3. The van der Waals surface area contributed by atoms with Crippen molar-refractivity contribution in [2.24, 2.45) is 11.8 Å². The molecule has 1 amide bonds. The number of hydrogen-bond donors (Lipinski definition) is 3. The number of hydrogen-bond acceptors (Lipinski definition) is 6. The van der Waals surface area contributed by atoms with Crippen LogP contribution in [-0.2, 0) is 4.79 Å².